The lowest BCUT2D eigenvalue weighted by Gasteiger charge is -2.19. The third kappa shape index (κ3) is 5.01. The summed E-state index contributed by atoms with van der Waals surface area (Å²) in [6.07, 6.45) is 2.68. The summed E-state index contributed by atoms with van der Waals surface area (Å²) in [5.74, 6) is -0.375. The fourth-order valence-electron chi connectivity index (χ4n) is 2.33. The Bertz CT molecular complexity index is 1030. The molecule has 0 spiro atoms. The van der Waals surface area contributed by atoms with Crippen LogP contribution in [0.5, 0.6) is 0 Å². The number of hydrogen-bond acceptors (Lipinski definition) is 6. The van der Waals surface area contributed by atoms with Gasteiger partial charge in [-0.15, -0.1) is 11.3 Å². The van der Waals surface area contributed by atoms with Gasteiger partial charge in [0, 0.05) is 25.2 Å². The van der Waals surface area contributed by atoms with Gasteiger partial charge in [-0.3, -0.25) is 9.48 Å². The van der Waals surface area contributed by atoms with E-state index in [1.54, 1.807) is 12.4 Å². The molecule has 0 saturated carbocycles. The van der Waals surface area contributed by atoms with E-state index in [1.807, 2.05) is 30.3 Å². The normalized spacial score (nSPS) is 12.7. The number of aromatic nitrogens is 3. The van der Waals surface area contributed by atoms with Crippen LogP contribution in [0.4, 0.5) is 0 Å². The number of benzene rings is 1. The molecule has 3 rings (SSSR count). The van der Waals surface area contributed by atoms with Crippen LogP contribution >= 0.6 is 27.3 Å². The molecule has 1 atom stereocenters. The van der Waals surface area contributed by atoms with Crippen molar-refractivity contribution in [3.63, 3.8) is 0 Å². The van der Waals surface area contributed by atoms with Crippen LogP contribution in [0.1, 0.15) is 21.4 Å². The van der Waals surface area contributed by atoms with Crippen LogP contribution in [0.15, 0.2) is 57.6 Å². The first-order chi connectivity index (χ1) is 12.8. The van der Waals surface area contributed by atoms with Crippen LogP contribution in [-0.4, -0.2) is 35.6 Å². The molecule has 0 aliphatic heterocycles. The standard InChI is InChI=1S/C16H16BrN5O3S2/c1-22-9-12(7-18-22)27(24,25)19-8-13(11-5-3-2-4-6-11)20-15(23)16-21-14(17)10-26-16/h2-7,9-10,13,19H,8H2,1H3,(H,20,23). The second-order valence-corrected chi connectivity index (χ2v) is 9.05. The Morgan fingerprint density at radius 2 is 2.07 bits per heavy atom. The van der Waals surface area contributed by atoms with Gasteiger partial charge in [0.1, 0.15) is 9.50 Å². The number of aryl methyl sites for hydroxylation is 1. The lowest BCUT2D eigenvalue weighted by Crippen LogP contribution is -2.37. The predicted octanol–water partition coefficient (Wildman–Crippen LogP) is 2.09. The number of carbonyl (C=O) groups is 1. The highest BCUT2D eigenvalue weighted by Gasteiger charge is 2.22. The number of thiazole rings is 1. The molecular formula is C16H16BrN5O3S2. The average molecular weight is 470 g/mol. The quantitative estimate of drug-likeness (QED) is 0.550. The second-order valence-electron chi connectivity index (χ2n) is 5.61. The molecule has 11 heteroatoms. The Kier molecular flexibility index (Phi) is 6.05. The van der Waals surface area contributed by atoms with Gasteiger partial charge in [-0.25, -0.2) is 18.1 Å². The number of nitrogens with one attached hydrogen (secondary N) is 2. The minimum absolute atomic E-state index is 0.0144. The minimum atomic E-state index is -3.74. The van der Waals surface area contributed by atoms with E-state index in [0.29, 0.717) is 4.60 Å². The first-order valence-corrected chi connectivity index (χ1v) is 11.0. The monoisotopic (exact) mass is 469 g/mol. The lowest BCUT2D eigenvalue weighted by atomic mass is 10.1. The Labute approximate surface area is 168 Å². The van der Waals surface area contributed by atoms with Crippen LogP contribution in [0.3, 0.4) is 0 Å². The number of sulfonamides is 1. The fraction of sp³-hybridized carbons (Fsp3) is 0.188. The van der Waals surface area contributed by atoms with Gasteiger partial charge in [-0.2, -0.15) is 5.10 Å². The Morgan fingerprint density at radius 3 is 2.67 bits per heavy atom. The predicted molar refractivity (Wildman–Crippen MR) is 105 cm³/mol. The van der Waals surface area contributed by atoms with Crippen LogP contribution in [0, 0.1) is 0 Å². The Hall–Kier alpha value is -2.08. The maximum Gasteiger partial charge on any atom is 0.280 e. The molecule has 0 fully saturated rings. The molecule has 0 aliphatic rings. The van der Waals surface area contributed by atoms with Gasteiger partial charge in [-0.1, -0.05) is 30.3 Å². The first-order valence-electron chi connectivity index (χ1n) is 7.80. The van der Waals surface area contributed by atoms with Gasteiger partial charge in [0.15, 0.2) is 5.01 Å². The molecule has 1 aromatic carbocycles. The summed E-state index contributed by atoms with van der Waals surface area (Å²) < 4.78 is 29.4. The number of rotatable bonds is 7. The number of nitrogens with zero attached hydrogens (tertiary/aromatic N) is 3. The highest BCUT2D eigenvalue weighted by Crippen LogP contribution is 2.18. The molecule has 2 aromatic heterocycles. The van der Waals surface area contributed by atoms with Gasteiger partial charge >= 0.3 is 0 Å². The van der Waals surface area contributed by atoms with E-state index < -0.39 is 16.1 Å². The summed E-state index contributed by atoms with van der Waals surface area (Å²) in [4.78, 5) is 16.6. The Balaban J connectivity index is 1.77. The van der Waals surface area contributed by atoms with Crippen molar-refractivity contribution in [2.75, 3.05) is 6.54 Å². The zero-order valence-corrected chi connectivity index (χ0v) is 17.4. The van der Waals surface area contributed by atoms with Crippen molar-refractivity contribution < 1.29 is 13.2 Å². The van der Waals surface area contributed by atoms with E-state index >= 15 is 0 Å². The third-order valence-corrected chi connectivity index (χ3v) is 6.58. The maximum atomic E-state index is 12.5. The molecule has 1 amide bonds. The summed E-state index contributed by atoms with van der Waals surface area (Å²) >= 11 is 4.41. The summed E-state index contributed by atoms with van der Waals surface area (Å²) in [6, 6.07) is 8.57. The molecule has 2 heterocycles. The highest BCUT2D eigenvalue weighted by atomic mass is 79.9. The molecule has 1 unspecified atom stereocenters. The molecular weight excluding hydrogens is 454 g/mol. The highest BCUT2D eigenvalue weighted by molar-refractivity contribution is 9.10. The third-order valence-electron chi connectivity index (χ3n) is 3.65. The molecule has 142 valence electrons. The van der Waals surface area contributed by atoms with Gasteiger partial charge in [0.2, 0.25) is 10.0 Å². The van der Waals surface area contributed by atoms with Crippen LogP contribution in [0.2, 0.25) is 0 Å². The fourth-order valence-corrected chi connectivity index (χ4v) is 4.51. The van der Waals surface area contributed by atoms with E-state index in [-0.39, 0.29) is 22.4 Å². The first kappa shape index (κ1) is 19.7. The van der Waals surface area contributed by atoms with E-state index in [9.17, 15) is 13.2 Å². The summed E-state index contributed by atoms with van der Waals surface area (Å²) in [6.45, 7) is -0.0144. The molecule has 0 aliphatic carbocycles. The van der Waals surface area contributed by atoms with Crippen molar-refractivity contribution in [2.24, 2.45) is 7.05 Å². The summed E-state index contributed by atoms with van der Waals surface area (Å²) in [5.41, 5.74) is 0.773. The van der Waals surface area contributed by atoms with Crippen molar-refractivity contribution in [1.29, 1.82) is 0 Å². The minimum Gasteiger partial charge on any atom is -0.342 e. The van der Waals surface area contributed by atoms with Crippen molar-refractivity contribution in [2.45, 2.75) is 10.9 Å². The van der Waals surface area contributed by atoms with Crippen molar-refractivity contribution in [3.8, 4) is 0 Å². The maximum absolute atomic E-state index is 12.5. The summed E-state index contributed by atoms with van der Waals surface area (Å²) in [7, 11) is -2.11. The molecule has 0 bridgehead atoms. The topological polar surface area (TPSA) is 106 Å². The lowest BCUT2D eigenvalue weighted by molar-refractivity contribution is 0.0936. The van der Waals surface area contributed by atoms with Crippen LogP contribution in [0.25, 0.3) is 0 Å². The zero-order chi connectivity index (χ0) is 19.4. The van der Waals surface area contributed by atoms with Gasteiger partial charge in [0.25, 0.3) is 5.91 Å². The number of hydrogen-bond donors (Lipinski definition) is 2. The molecule has 2 N–H and O–H groups in total. The van der Waals surface area contributed by atoms with Gasteiger partial charge < -0.3 is 5.32 Å². The zero-order valence-electron chi connectivity index (χ0n) is 14.2. The van der Waals surface area contributed by atoms with E-state index in [2.05, 4.69) is 36.1 Å². The van der Waals surface area contributed by atoms with E-state index in [4.69, 9.17) is 0 Å². The molecule has 3 aromatic rings. The number of halogens is 1. The Morgan fingerprint density at radius 1 is 1.33 bits per heavy atom. The molecule has 0 radical (unpaired) electrons. The second kappa shape index (κ2) is 8.30. The molecule has 0 saturated heterocycles. The van der Waals surface area contributed by atoms with E-state index in [1.165, 1.54) is 28.4 Å². The summed E-state index contributed by atoms with van der Waals surface area (Å²) in [5, 5.41) is 8.70. The van der Waals surface area contributed by atoms with E-state index in [0.717, 1.165) is 5.56 Å². The van der Waals surface area contributed by atoms with Crippen LogP contribution in [-0.2, 0) is 17.1 Å². The molecule has 8 nitrogen and oxygen atoms in total. The van der Waals surface area contributed by atoms with Gasteiger partial charge in [-0.05, 0) is 21.5 Å². The number of amides is 1. The van der Waals surface area contributed by atoms with Crippen molar-refractivity contribution in [3.05, 3.63) is 63.3 Å². The van der Waals surface area contributed by atoms with Crippen molar-refractivity contribution in [1.82, 2.24) is 24.8 Å². The average Bonchev–Trinajstić information content (AvgIpc) is 3.28. The van der Waals surface area contributed by atoms with Crippen molar-refractivity contribution >= 4 is 43.2 Å². The van der Waals surface area contributed by atoms with Crippen LogP contribution < -0.4 is 10.0 Å². The van der Waals surface area contributed by atoms with Gasteiger partial charge in [0.05, 0.1) is 12.2 Å². The molecule has 27 heavy (non-hydrogen) atoms. The SMILES string of the molecule is Cn1cc(S(=O)(=O)NCC(NC(=O)c2nc(Br)cs2)c2ccccc2)cn1. The number of carbonyl (C=O) groups excluding carboxylic acids is 1. The largest absolute Gasteiger partial charge is 0.342 e. The smallest absolute Gasteiger partial charge is 0.280 e.